The molecule has 0 saturated heterocycles. The Bertz CT molecular complexity index is 1280. The summed E-state index contributed by atoms with van der Waals surface area (Å²) in [6.45, 7) is 0. The summed E-state index contributed by atoms with van der Waals surface area (Å²) in [7, 11) is 1.69. The van der Waals surface area contributed by atoms with Gasteiger partial charge in [0, 0.05) is 29.2 Å². The number of anilines is 1. The number of benzene rings is 5. The number of methoxy groups -OCH3 is 1. The third-order valence-corrected chi connectivity index (χ3v) is 6.25. The zero-order valence-corrected chi connectivity index (χ0v) is 20.9. The van der Waals surface area contributed by atoms with E-state index >= 15 is 0 Å². The minimum Gasteiger partial charge on any atom is -0.497 e. The van der Waals surface area contributed by atoms with Gasteiger partial charge in [0.05, 0.1) is 7.11 Å². The monoisotopic (exact) mass is 479 g/mol. The van der Waals surface area contributed by atoms with Crippen LogP contribution in [0.25, 0.3) is 11.1 Å². The SMILES string of the molecule is COc1ccc(N(C=C(c2ccccc2)c2ccccc2)C=C(c2ccccc2)c2ccccc2)cc1. The van der Waals surface area contributed by atoms with Crippen molar-refractivity contribution in [2.75, 3.05) is 12.0 Å². The van der Waals surface area contributed by atoms with Crippen LogP contribution in [0.5, 0.6) is 5.75 Å². The molecule has 0 saturated carbocycles. The predicted octanol–water partition coefficient (Wildman–Crippen LogP) is 8.68. The second kappa shape index (κ2) is 11.7. The van der Waals surface area contributed by atoms with Crippen LogP contribution in [0, 0.1) is 0 Å². The van der Waals surface area contributed by atoms with E-state index in [2.05, 4.69) is 151 Å². The number of hydrogen-bond donors (Lipinski definition) is 0. The molecule has 5 aromatic rings. The van der Waals surface area contributed by atoms with E-state index in [9.17, 15) is 0 Å². The Kier molecular flexibility index (Phi) is 7.58. The van der Waals surface area contributed by atoms with Crippen LogP contribution in [0.4, 0.5) is 5.69 Å². The van der Waals surface area contributed by atoms with Crippen LogP contribution in [0.3, 0.4) is 0 Å². The van der Waals surface area contributed by atoms with Crippen molar-refractivity contribution in [2.45, 2.75) is 0 Å². The third-order valence-electron chi connectivity index (χ3n) is 6.25. The molecule has 180 valence electrons. The highest BCUT2D eigenvalue weighted by Gasteiger charge is 2.12. The quantitative estimate of drug-likeness (QED) is 0.221. The molecule has 5 rings (SSSR count). The highest BCUT2D eigenvalue weighted by Crippen LogP contribution is 2.31. The molecule has 37 heavy (non-hydrogen) atoms. The van der Waals surface area contributed by atoms with Gasteiger partial charge in [-0.1, -0.05) is 121 Å². The highest BCUT2D eigenvalue weighted by atomic mass is 16.5. The van der Waals surface area contributed by atoms with E-state index in [4.69, 9.17) is 4.74 Å². The molecule has 0 aliphatic rings. The average molecular weight is 480 g/mol. The van der Waals surface area contributed by atoms with Crippen molar-refractivity contribution in [3.8, 4) is 5.75 Å². The van der Waals surface area contributed by atoms with Crippen molar-refractivity contribution in [2.24, 2.45) is 0 Å². The van der Waals surface area contributed by atoms with Gasteiger partial charge in [-0.2, -0.15) is 0 Å². The van der Waals surface area contributed by atoms with Crippen LogP contribution in [0.2, 0.25) is 0 Å². The van der Waals surface area contributed by atoms with Gasteiger partial charge >= 0.3 is 0 Å². The number of ether oxygens (including phenoxy) is 1. The van der Waals surface area contributed by atoms with E-state index in [0.717, 1.165) is 44.8 Å². The fourth-order valence-electron chi connectivity index (χ4n) is 4.32. The van der Waals surface area contributed by atoms with Crippen LogP contribution >= 0.6 is 0 Å². The summed E-state index contributed by atoms with van der Waals surface area (Å²) in [6.07, 6.45) is 4.44. The fourth-order valence-corrected chi connectivity index (χ4v) is 4.32. The van der Waals surface area contributed by atoms with Gasteiger partial charge < -0.3 is 9.64 Å². The zero-order valence-electron chi connectivity index (χ0n) is 20.9. The van der Waals surface area contributed by atoms with Crippen molar-refractivity contribution >= 4 is 16.8 Å². The Balaban J connectivity index is 1.73. The van der Waals surface area contributed by atoms with E-state index in [1.807, 2.05) is 12.1 Å². The Morgan fingerprint density at radius 1 is 0.459 bits per heavy atom. The summed E-state index contributed by atoms with van der Waals surface area (Å²) in [4.78, 5) is 2.21. The Hall–Kier alpha value is -4.82. The van der Waals surface area contributed by atoms with Crippen LogP contribution in [-0.2, 0) is 0 Å². The molecule has 0 unspecified atom stereocenters. The molecule has 0 fully saturated rings. The molecule has 0 radical (unpaired) electrons. The highest BCUT2D eigenvalue weighted by molar-refractivity contribution is 5.85. The molecular formula is C35H29NO. The predicted molar refractivity (Wildman–Crippen MR) is 155 cm³/mol. The minimum absolute atomic E-state index is 0.828. The van der Waals surface area contributed by atoms with Gasteiger partial charge in [0.15, 0.2) is 0 Å². The van der Waals surface area contributed by atoms with Crippen LogP contribution in [-0.4, -0.2) is 7.11 Å². The van der Waals surface area contributed by atoms with Gasteiger partial charge in [-0.3, -0.25) is 0 Å². The normalized spacial score (nSPS) is 10.3. The van der Waals surface area contributed by atoms with E-state index < -0.39 is 0 Å². The molecule has 0 aromatic heterocycles. The number of hydrogen-bond acceptors (Lipinski definition) is 2. The van der Waals surface area contributed by atoms with Crippen molar-refractivity contribution in [3.05, 3.63) is 180 Å². The van der Waals surface area contributed by atoms with Crippen molar-refractivity contribution < 1.29 is 4.74 Å². The van der Waals surface area contributed by atoms with Gasteiger partial charge in [-0.05, 0) is 46.5 Å². The maximum atomic E-state index is 5.44. The fraction of sp³-hybridized carbons (Fsp3) is 0.0286. The third kappa shape index (κ3) is 5.88. The summed E-state index contributed by atoms with van der Waals surface area (Å²) in [6, 6.07) is 50.3. The second-order valence-corrected chi connectivity index (χ2v) is 8.65. The summed E-state index contributed by atoms with van der Waals surface area (Å²) in [5, 5.41) is 0. The number of rotatable bonds is 8. The molecule has 2 heteroatoms. The summed E-state index contributed by atoms with van der Waals surface area (Å²) < 4.78 is 5.44. The summed E-state index contributed by atoms with van der Waals surface area (Å²) in [5.74, 6) is 0.828. The van der Waals surface area contributed by atoms with Crippen LogP contribution < -0.4 is 9.64 Å². The first-order chi connectivity index (χ1) is 18.3. The average Bonchev–Trinajstić information content (AvgIpc) is 2.99. The lowest BCUT2D eigenvalue weighted by atomic mass is 9.97. The molecule has 2 nitrogen and oxygen atoms in total. The largest absolute Gasteiger partial charge is 0.497 e. The first-order valence-corrected chi connectivity index (χ1v) is 12.4. The first-order valence-electron chi connectivity index (χ1n) is 12.4. The second-order valence-electron chi connectivity index (χ2n) is 8.65. The van der Waals surface area contributed by atoms with Gasteiger partial charge in [-0.15, -0.1) is 0 Å². The lowest BCUT2D eigenvalue weighted by Crippen LogP contribution is -2.11. The minimum atomic E-state index is 0.828. The van der Waals surface area contributed by atoms with Crippen LogP contribution in [0.1, 0.15) is 22.3 Å². The summed E-state index contributed by atoms with van der Waals surface area (Å²) >= 11 is 0. The molecule has 0 aliphatic carbocycles. The molecular weight excluding hydrogens is 450 g/mol. The maximum absolute atomic E-state index is 5.44. The van der Waals surface area contributed by atoms with Crippen LogP contribution in [0.15, 0.2) is 158 Å². The van der Waals surface area contributed by atoms with Crippen molar-refractivity contribution in [3.63, 3.8) is 0 Å². The Morgan fingerprint density at radius 2 is 0.784 bits per heavy atom. The van der Waals surface area contributed by atoms with Crippen molar-refractivity contribution in [1.29, 1.82) is 0 Å². The molecule has 0 atom stereocenters. The van der Waals surface area contributed by atoms with E-state index in [-0.39, 0.29) is 0 Å². The van der Waals surface area contributed by atoms with Gasteiger partial charge in [0.2, 0.25) is 0 Å². The Morgan fingerprint density at radius 3 is 1.08 bits per heavy atom. The van der Waals surface area contributed by atoms with Gasteiger partial charge in [-0.25, -0.2) is 0 Å². The van der Waals surface area contributed by atoms with E-state index in [1.165, 1.54) is 0 Å². The lowest BCUT2D eigenvalue weighted by Gasteiger charge is -2.22. The molecule has 0 heterocycles. The molecule has 0 aliphatic heterocycles. The Labute approximate surface area is 219 Å². The lowest BCUT2D eigenvalue weighted by molar-refractivity contribution is 0.415. The molecule has 0 bridgehead atoms. The zero-order chi connectivity index (χ0) is 25.3. The van der Waals surface area contributed by atoms with Gasteiger partial charge in [0.25, 0.3) is 0 Å². The molecule has 0 N–H and O–H groups in total. The van der Waals surface area contributed by atoms with Gasteiger partial charge in [0.1, 0.15) is 5.75 Å². The smallest absolute Gasteiger partial charge is 0.119 e. The molecule has 0 amide bonds. The number of nitrogens with zero attached hydrogens (tertiary/aromatic N) is 1. The topological polar surface area (TPSA) is 12.5 Å². The van der Waals surface area contributed by atoms with E-state index in [1.54, 1.807) is 7.11 Å². The van der Waals surface area contributed by atoms with Crippen molar-refractivity contribution in [1.82, 2.24) is 0 Å². The van der Waals surface area contributed by atoms with E-state index in [0.29, 0.717) is 0 Å². The molecule has 0 spiro atoms. The standard InChI is InChI=1S/C35H29NO/c1-37-33-24-22-32(23-25-33)36(26-34(28-14-6-2-7-15-28)29-16-8-3-9-17-29)27-35(30-18-10-4-11-19-30)31-20-12-5-13-21-31/h2-27H,1H3. The first kappa shape index (κ1) is 23.9. The summed E-state index contributed by atoms with van der Waals surface area (Å²) in [5.41, 5.74) is 7.92. The molecule has 5 aromatic carbocycles. The maximum Gasteiger partial charge on any atom is 0.119 e.